The molecule has 9 nitrogen and oxygen atoms in total. The van der Waals surface area contributed by atoms with Crippen LogP contribution >= 0.6 is 0 Å². The molecule has 0 saturated carbocycles. The summed E-state index contributed by atoms with van der Waals surface area (Å²) in [7, 11) is -4.25. The number of carbonyl (C=O) groups excluding carboxylic acids is 2. The molecule has 10 heteroatoms. The van der Waals surface area contributed by atoms with Crippen LogP contribution in [0.5, 0.6) is 0 Å². The number of hydrogen-bond acceptors (Lipinski definition) is 7. The Morgan fingerprint density at radius 1 is 0.867 bits per heavy atom. The Morgan fingerprint density at radius 3 is 1.93 bits per heavy atom. The number of nitrogens with zero attached hydrogens (tertiary/aromatic N) is 2. The van der Waals surface area contributed by atoms with Gasteiger partial charge in [-0.3, -0.25) is 24.0 Å². The van der Waals surface area contributed by atoms with Crippen LogP contribution in [0.1, 0.15) is 57.5 Å². The summed E-state index contributed by atoms with van der Waals surface area (Å²) in [6.45, 7) is 11.4. The van der Waals surface area contributed by atoms with E-state index < -0.39 is 43.1 Å². The largest absolute Gasteiger partial charge is 0.369 e. The van der Waals surface area contributed by atoms with Crippen molar-refractivity contribution >= 4 is 38.7 Å². The summed E-state index contributed by atoms with van der Waals surface area (Å²) >= 11 is 0. The molecule has 0 aromatic heterocycles. The SMILES string of the molecule is CC(C)(C)C1=CC2(C=C(C(C)(C)C)C1=O)Nc1ccccc1N(S(=O)(=O)Cc1ccccc1)C2C(=O)c1ccc([N+](=O)[O-])cc1. The molecule has 1 aliphatic carbocycles. The number of nitrogens with one attached hydrogen (secondary N) is 1. The summed E-state index contributed by atoms with van der Waals surface area (Å²) in [4.78, 5) is 39.6. The molecular weight excluding hydrogens is 590 g/mol. The van der Waals surface area contributed by atoms with Crippen LogP contribution in [-0.4, -0.2) is 36.5 Å². The van der Waals surface area contributed by atoms with Gasteiger partial charge < -0.3 is 5.32 Å². The van der Waals surface area contributed by atoms with Crippen LogP contribution in [0.3, 0.4) is 0 Å². The minimum absolute atomic E-state index is 0.0967. The van der Waals surface area contributed by atoms with Gasteiger partial charge in [-0.05, 0) is 52.8 Å². The number of carbonyl (C=O) groups is 2. The van der Waals surface area contributed by atoms with Crippen molar-refractivity contribution in [3.63, 3.8) is 0 Å². The molecule has 1 N–H and O–H groups in total. The average Bonchev–Trinajstić information content (AvgIpc) is 2.96. The first-order valence-corrected chi connectivity index (χ1v) is 16.3. The van der Waals surface area contributed by atoms with Crippen LogP contribution in [0.25, 0.3) is 0 Å². The highest BCUT2D eigenvalue weighted by atomic mass is 32.2. The van der Waals surface area contributed by atoms with Gasteiger partial charge in [0.1, 0.15) is 11.6 Å². The smallest absolute Gasteiger partial charge is 0.269 e. The predicted molar refractivity (Wildman–Crippen MR) is 176 cm³/mol. The number of sulfonamides is 1. The third-order valence-electron chi connectivity index (χ3n) is 8.15. The summed E-state index contributed by atoms with van der Waals surface area (Å²) in [5, 5.41) is 14.9. The molecule has 0 saturated heterocycles. The Hall–Kier alpha value is -4.57. The van der Waals surface area contributed by atoms with Crippen LogP contribution < -0.4 is 9.62 Å². The molecule has 3 aromatic carbocycles. The van der Waals surface area contributed by atoms with E-state index in [1.807, 2.05) is 41.5 Å². The Bertz CT molecular complexity index is 1810. The van der Waals surface area contributed by atoms with Crippen molar-refractivity contribution in [1.29, 1.82) is 0 Å². The topological polar surface area (TPSA) is 127 Å². The molecule has 2 aliphatic rings. The van der Waals surface area contributed by atoms with Crippen molar-refractivity contribution in [2.75, 3.05) is 9.62 Å². The molecule has 1 unspecified atom stereocenters. The number of rotatable bonds is 6. The maximum atomic E-state index is 14.8. The molecule has 1 heterocycles. The second kappa shape index (κ2) is 11.1. The van der Waals surface area contributed by atoms with E-state index in [9.17, 15) is 28.1 Å². The number of allylic oxidation sites excluding steroid dienone is 2. The fourth-order valence-corrected chi connectivity index (χ4v) is 7.74. The second-order valence-electron chi connectivity index (χ2n) is 13.6. The van der Waals surface area contributed by atoms with Gasteiger partial charge in [0, 0.05) is 28.8 Å². The summed E-state index contributed by atoms with van der Waals surface area (Å²) < 4.78 is 30.4. The number of benzene rings is 3. The number of Topliss-reactive ketones (excluding diaryl/α,β-unsaturated/α-hetero) is 2. The summed E-state index contributed by atoms with van der Waals surface area (Å²) in [6.07, 6.45) is 3.42. The van der Waals surface area contributed by atoms with E-state index in [1.54, 1.807) is 66.7 Å². The summed E-state index contributed by atoms with van der Waals surface area (Å²) in [5.74, 6) is -1.12. The first-order valence-electron chi connectivity index (χ1n) is 14.7. The molecule has 1 atom stereocenters. The number of ketones is 2. The van der Waals surface area contributed by atoms with Crippen LogP contribution in [0.2, 0.25) is 0 Å². The maximum Gasteiger partial charge on any atom is 0.269 e. The van der Waals surface area contributed by atoms with Gasteiger partial charge in [0.2, 0.25) is 10.0 Å². The third kappa shape index (κ3) is 5.94. The quantitative estimate of drug-likeness (QED) is 0.179. The standard InChI is InChI=1S/C35H37N3O6S/c1-33(2,3)26-20-35(21-27(31(26)40)34(4,5)6)32(30(39)24-16-18-25(19-17-24)38(41)42)37(29-15-11-10-14-28(29)36-35)45(43,44)22-23-12-8-7-9-13-23/h7-21,32,36H,22H2,1-6H3. The van der Waals surface area contributed by atoms with Crippen LogP contribution in [0.15, 0.2) is 102 Å². The molecule has 0 fully saturated rings. The van der Waals surface area contributed by atoms with E-state index in [4.69, 9.17) is 0 Å². The highest BCUT2D eigenvalue weighted by molar-refractivity contribution is 7.92. The summed E-state index contributed by atoms with van der Waals surface area (Å²) in [5.41, 5.74) is -0.694. The van der Waals surface area contributed by atoms with Crippen molar-refractivity contribution in [2.45, 2.75) is 58.9 Å². The second-order valence-corrected chi connectivity index (χ2v) is 15.5. The first kappa shape index (κ1) is 31.8. The van der Waals surface area contributed by atoms with Crippen molar-refractivity contribution in [3.8, 4) is 0 Å². The Labute approximate surface area is 263 Å². The van der Waals surface area contributed by atoms with Crippen molar-refractivity contribution in [1.82, 2.24) is 0 Å². The lowest BCUT2D eigenvalue weighted by atomic mass is 9.66. The highest BCUT2D eigenvalue weighted by Crippen LogP contribution is 2.49. The van der Waals surface area contributed by atoms with Crippen LogP contribution in [0, 0.1) is 20.9 Å². The highest BCUT2D eigenvalue weighted by Gasteiger charge is 2.55. The average molecular weight is 628 g/mol. The number of nitro benzene ring substituents is 1. The molecule has 3 aromatic rings. The Balaban J connectivity index is 1.85. The summed E-state index contributed by atoms with van der Waals surface area (Å²) in [6, 6.07) is 19.3. The molecule has 1 aliphatic heterocycles. The van der Waals surface area contributed by atoms with Gasteiger partial charge in [-0.1, -0.05) is 84.0 Å². The van der Waals surface area contributed by atoms with E-state index in [2.05, 4.69) is 5.32 Å². The Morgan fingerprint density at radius 2 is 1.40 bits per heavy atom. The molecular formula is C35H37N3O6S. The molecule has 5 rings (SSSR count). The lowest BCUT2D eigenvalue weighted by molar-refractivity contribution is -0.384. The van der Waals surface area contributed by atoms with Crippen molar-refractivity contribution in [2.24, 2.45) is 10.8 Å². The van der Waals surface area contributed by atoms with Crippen LogP contribution in [0.4, 0.5) is 17.1 Å². The fraction of sp³-hybridized carbons (Fsp3) is 0.314. The molecule has 45 heavy (non-hydrogen) atoms. The maximum absolute atomic E-state index is 14.8. The predicted octanol–water partition coefficient (Wildman–Crippen LogP) is 6.87. The lowest BCUT2D eigenvalue weighted by Crippen LogP contribution is -2.65. The number of anilines is 2. The number of nitro groups is 1. The van der Waals surface area contributed by atoms with E-state index >= 15 is 0 Å². The molecule has 0 radical (unpaired) electrons. The first-order chi connectivity index (χ1) is 20.9. The number of para-hydroxylation sites is 2. The monoisotopic (exact) mass is 627 g/mol. The zero-order valence-corrected chi connectivity index (χ0v) is 27.0. The molecule has 1 spiro atoms. The molecule has 0 bridgehead atoms. The molecule has 0 amide bonds. The Kier molecular flexibility index (Phi) is 7.85. The number of hydrogen-bond donors (Lipinski definition) is 1. The van der Waals surface area contributed by atoms with Gasteiger partial charge in [0.15, 0.2) is 11.6 Å². The van der Waals surface area contributed by atoms with Gasteiger partial charge in [-0.2, -0.15) is 0 Å². The normalized spacial score (nSPS) is 18.0. The van der Waals surface area contributed by atoms with E-state index in [0.717, 1.165) is 0 Å². The zero-order valence-electron chi connectivity index (χ0n) is 26.2. The number of non-ortho nitro benzene ring substituents is 1. The van der Waals surface area contributed by atoms with Gasteiger partial charge in [0.05, 0.1) is 22.1 Å². The van der Waals surface area contributed by atoms with Crippen molar-refractivity contribution < 1.29 is 22.9 Å². The minimum atomic E-state index is -4.25. The zero-order chi connectivity index (χ0) is 32.9. The minimum Gasteiger partial charge on any atom is -0.369 e. The third-order valence-corrected chi connectivity index (χ3v) is 9.86. The molecule has 234 valence electrons. The van der Waals surface area contributed by atoms with E-state index in [0.29, 0.717) is 22.4 Å². The lowest BCUT2D eigenvalue weighted by Gasteiger charge is -2.51. The van der Waals surface area contributed by atoms with Gasteiger partial charge >= 0.3 is 0 Å². The van der Waals surface area contributed by atoms with Gasteiger partial charge in [-0.25, -0.2) is 8.42 Å². The number of fused-ring (bicyclic) bond motifs is 1. The van der Waals surface area contributed by atoms with Gasteiger partial charge in [0.25, 0.3) is 5.69 Å². The fourth-order valence-electron chi connectivity index (χ4n) is 5.94. The van der Waals surface area contributed by atoms with Crippen molar-refractivity contribution in [3.05, 3.63) is 123 Å². The van der Waals surface area contributed by atoms with E-state index in [1.165, 1.54) is 28.6 Å². The van der Waals surface area contributed by atoms with Crippen LogP contribution in [-0.2, 0) is 20.6 Å². The van der Waals surface area contributed by atoms with Gasteiger partial charge in [-0.15, -0.1) is 0 Å². The van der Waals surface area contributed by atoms with E-state index in [-0.39, 0.29) is 28.5 Å².